The van der Waals surface area contributed by atoms with Gasteiger partial charge in [0, 0.05) is 79.2 Å². The first-order chi connectivity index (χ1) is 27.0. The van der Waals surface area contributed by atoms with Crippen LogP contribution in [0.4, 0.5) is 17.1 Å². The number of nitrogens with zero attached hydrogens (tertiary/aromatic N) is 4. The molecule has 3 aromatic rings. The largest absolute Gasteiger partial charge is 0.401 e. The highest BCUT2D eigenvalue weighted by molar-refractivity contribution is 9.12. The Morgan fingerprint density at radius 3 is 2.25 bits per heavy atom. The molecule has 2 heterocycles. The number of allylic oxidation sites excluding steroid dienone is 4. The molecule has 0 radical (unpaired) electrons. The molecule has 9 heteroatoms. The van der Waals surface area contributed by atoms with E-state index in [9.17, 15) is 9.59 Å². The number of nitrogens with two attached hydrogens (primary N) is 1. The first-order valence-electron chi connectivity index (χ1n) is 19.9. The second-order valence-electron chi connectivity index (χ2n) is 15.3. The number of aliphatic imine (C=N–C) groups is 1. The van der Waals surface area contributed by atoms with Crippen molar-refractivity contribution in [2.75, 3.05) is 61.9 Å². The number of carbonyl (C=O) groups excluding carboxylic acids is 2. The normalized spacial score (nSPS) is 16.8. The first-order valence-corrected chi connectivity index (χ1v) is 20.7. The van der Waals surface area contributed by atoms with Crippen LogP contribution in [-0.2, 0) is 11.2 Å². The van der Waals surface area contributed by atoms with Crippen molar-refractivity contribution in [3.8, 4) is 0 Å². The Morgan fingerprint density at radius 1 is 0.982 bits per heavy atom. The van der Waals surface area contributed by atoms with Gasteiger partial charge in [0.05, 0.1) is 6.04 Å². The zero-order chi connectivity index (χ0) is 40.0. The lowest BCUT2D eigenvalue weighted by molar-refractivity contribution is -0.107. The minimum atomic E-state index is -0.122. The van der Waals surface area contributed by atoms with Gasteiger partial charge in [0.2, 0.25) is 0 Å². The van der Waals surface area contributed by atoms with Gasteiger partial charge in [0.15, 0.2) is 0 Å². The molecule has 1 atom stereocenters. The van der Waals surface area contributed by atoms with Crippen molar-refractivity contribution in [3.05, 3.63) is 136 Å². The molecular weight excluding hydrogens is 760 g/mol. The van der Waals surface area contributed by atoms with Gasteiger partial charge in [0.25, 0.3) is 5.91 Å². The summed E-state index contributed by atoms with van der Waals surface area (Å²) < 4.78 is 0.944. The number of likely N-dealkylation sites (tertiary alicyclic amines) is 1. The highest BCUT2D eigenvalue weighted by Crippen LogP contribution is 2.31. The van der Waals surface area contributed by atoms with E-state index in [4.69, 9.17) is 5.73 Å². The number of aldehydes is 1. The summed E-state index contributed by atoms with van der Waals surface area (Å²) in [5, 5.41) is 3.40. The quantitative estimate of drug-likeness (QED) is 0.0802. The molecule has 1 unspecified atom stereocenters. The van der Waals surface area contributed by atoms with Gasteiger partial charge in [-0.25, -0.2) is 0 Å². The summed E-state index contributed by atoms with van der Waals surface area (Å²) in [7, 11) is 3.62. The van der Waals surface area contributed by atoms with E-state index in [1.807, 2.05) is 25.3 Å². The molecule has 0 aliphatic carbocycles. The van der Waals surface area contributed by atoms with Crippen LogP contribution in [0.5, 0.6) is 0 Å². The molecule has 0 bridgehead atoms. The molecule has 3 aromatic carbocycles. The fraction of sp³-hybridized carbons (Fsp3) is 0.383. The summed E-state index contributed by atoms with van der Waals surface area (Å²) in [4.78, 5) is 35.0. The van der Waals surface area contributed by atoms with E-state index in [0.717, 1.165) is 92.5 Å². The van der Waals surface area contributed by atoms with Crippen LogP contribution in [0.25, 0.3) is 0 Å². The maximum absolute atomic E-state index is 13.5. The van der Waals surface area contributed by atoms with Crippen molar-refractivity contribution in [2.24, 2.45) is 16.6 Å². The van der Waals surface area contributed by atoms with Gasteiger partial charge < -0.3 is 25.6 Å². The smallest absolute Gasteiger partial charge is 0.258 e. The average Bonchev–Trinajstić information content (AvgIpc) is 3.22. The Labute approximate surface area is 343 Å². The minimum absolute atomic E-state index is 0.00479. The summed E-state index contributed by atoms with van der Waals surface area (Å²) in [6.07, 6.45) is 13.3. The van der Waals surface area contributed by atoms with Crippen LogP contribution in [0.15, 0.2) is 124 Å². The highest BCUT2D eigenvalue weighted by Gasteiger charge is 2.23. The molecule has 2 aliphatic rings. The van der Waals surface area contributed by atoms with Crippen LogP contribution >= 0.6 is 15.9 Å². The number of nitrogens with one attached hydrogen (secondary N) is 1. The fourth-order valence-corrected chi connectivity index (χ4v) is 8.02. The van der Waals surface area contributed by atoms with Gasteiger partial charge in [-0.15, -0.1) is 0 Å². The Morgan fingerprint density at radius 2 is 1.64 bits per heavy atom. The van der Waals surface area contributed by atoms with Crippen LogP contribution in [0.2, 0.25) is 0 Å². The van der Waals surface area contributed by atoms with E-state index >= 15 is 0 Å². The summed E-state index contributed by atoms with van der Waals surface area (Å²) in [6, 6.07) is 25.1. The molecule has 0 spiro atoms. The molecule has 1 amide bonds. The van der Waals surface area contributed by atoms with Crippen LogP contribution in [0.3, 0.4) is 0 Å². The van der Waals surface area contributed by atoms with Crippen molar-refractivity contribution in [2.45, 2.75) is 63.8 Å². The Hall–Kier alpha value is -4.73. The van der Waals surface area contributed by atoms with Crippen LogP contribution in [-0.4, -0.2) is 76.2 Å². The summed E-state index contributed by atoms with van der Waals surface area (Å²) >= 11 is 3.58. The monoisotopic (exact) mass is 818 g/mol. The maximum Gasteiger partial charge on any atom is 0.258 e. The van der Waals surface area contributed by atoms with E-state index in [-0.39, 0.29) is 11.9 Å². The first kappa shape index (κ1) is 42.4. The van der Waals surface area contributed by atoms with E-state index in [1.54, 1.807) is 18.2 Å². The number of anilines is 3. The highest BCUT2D eigenvalue weighted by atomic mass is 79.9. The second-order valence-corrected chi connectivity index (χ2v) is 16.2. The molecule has 2 aliphatic heterocycles. The van der Waals surface area contributed by atoms with Crippen LogP contribution < -0.4 is 20.9 Å². The maximum atomic E-state index is 13.5. The molecule has 0 saturated carbocycles. The zero-order valence-corrected chi connectivity index (χ0v) is 35.0. The van der Waals surface area contributed by atoms with E-state index in [0.29, 0.717) is 35.9 Å². The number of rotatable bonds is 17. The van der Waals surface area contributed by atoms with Crippen molar-refractivity contribution in [3.63, 3.8) is 0 Å². The zero-order valence-electron chi connectivity index (χ0n) is 33.4. The number of benzene rings is 3. The lowest BCUT2D eigenvalue weighted by atomic mass is 9.88. The van der Waals surface area contributed by atoms with Crippen LogP contribution in [0.1, 0.15) is 72.9 Å². The number of hydrogen-bond donors (Lipinski definition) is 2. The topological polar surface area (TPSA) is 94.3 Å². The molecule has 3 N–H and O–H groups in total. The van der Waals surface area contributed by atoms with E-state index in [2.05, 4.69) is 123 Å². The molecule has 0 aromatic heterocycles. The predicted octanol–water partition coefficient (Wildman–Crippen LogP) is 9.32. The number of halogens is 1. The van der Waals surface area contributed by atoms with Crippen molar-refractivity contribution in [1.82, 2.24) is 4.90 Å². The van der Waals surface area contributed by atoms with E-state index < -0.39 is 0 Å². The Balaban J connectivity index is 1.05. The fourth-order valence-electron chi connectivity index (χ4n) is 7.78. The Kier molecular flexibility index (Phi) is 15.9. The van der Waals surface area contributed by atoms with Gasteiger partial charge in [-0.2, -0.15) is 0 Å². The lowest BCUT2D eigenvalue weighted by Crippen LogP contribution is -2.34. The third-order valence-corrected chi connectivity index (χ3v) is 11.9. The molecule has 296 valence electrons. The van der Waals surface area contributed by atoms with Gasteiger partial charge in [0.1, 0.15) is 6.29 Å². The molecule has 8 nitrogen and oxygen atoms in total. The van der Waals surface area contributed by atoms with Crippen molar-refractivity contribution in [1.29, 1.82) is 0 Å². The second kappa shape index (κ2) is 21.0. The van der Waals surface area contributed by atoms with Gasteiger partial charge in [-0.3, -0.25) is 14.7 Å². The van der Waals surface area contributed by atoms with Gasteiger partial charge in [-0.1, -0.05) is 65.0 Å². The number of carbonyl (C=O) groups is 2. The van der Waals surface area contributed by atoms with Gasteiger partial charge >= 0.3 is 0 Å². The SMILES string of the molecule is C=C(/C=C(\C)CN1CCC(c2ccc(C(=O)N(C)c3ccc(CC4CCN(c5ccc(NC(CCC=O)C(=C)N)cc5)CC4)cc3)cc2)CC1)/C(Br)=C\C=NC. The van der Waals surface area contributed by atoms with Gasteiger partial charge in [-0.05, 0) is 142 Å². The predicted molar refractivity (Wildman–Crippen MR) is 239 cm³/mol. The summed E-state index contributed by atoms with van der Waals surface area (Å²) in [6.45, 7) is 15.3. The summed E-state index contributed by atoms with van der Waals surface area (Å²) in [5.41, 5.74) is 15.2. The minimum Gasteiger partial charge on any atom is -0.401 e. The van der Waals surface area contributed by atoms with Crippen LogP contribution in [0, 0.1) is 5.92 Å². The number of hydrogen-bond acceptors (Lipinski definition) is 7. The third-order valence-electron chi connectivity index (χ3n) is 11.1. The summed E-state index contributed by atoms with van der Waals surface area (Å²) in [5.74, 6) is 1.13. The third kappa shape index (κ3) is 12.1. The Bertz CT molecular complexity index is 1870. The van der Waals surface area contributed by atoms with Crippen molar-refractivity contribution >= 4 is 51.4 Å². The standard InChI is InChI=1S/C47H59BrN6O2/c1-34(31-35(2)45(48)20-25-50-4)33-53-26-23-40(24-27-53)39-10-12-41(13-11-39)47(56)52(5)43-16-8-37(9-17-43)32-38-21-28-54(29-22-38)44-18-14-42(15-19-44)51-46(36(3)49)7-6-30-55/h8-20,25,30-31,38,40,46,51H,2-3,6-7,21-24,26-29,32-33,49H2,1,4-5H3/b34-31+,45-20+,50-25?. The average molecular weight is 820 g/mol. The molecule has 56 heavy (non-hydrogen) atoms. The molecular formula is C47H59BrN6O2. The lowest BCUT2D eigenvalue weighted by Gasteiger charge is -2.34. The number of piperidine rings is 2. The molecule has 5 rings (SSSR count). The van der Waals surface area contributed by atoms with Crippen molar-refractivity contribution < 1.29 is 9.59 Å². The van der Waals surface area contributed by atoms with E-state index in [1.165, 1.54) is 22.4 Å². The number of amides is 1. The molecule has 2 saturated heterocycles. The molecule has 2 fully saturated rings.